The Labute approximate surface area is 123 Å². The standard InChI is InChI=1S/C16H26N2S/c1-4-5-8-11-18(13(2)3)12-14-9-6-7-10-15(14)16(17)19/h6-7,9-10,13H,4-5,8,11-12H2,1-3H3,(H2,17,19). The first-order valence-corrected chi connectivity index (χ1v) is 7.58. The molecule has 1 aromatic carbocycles. The fourth-order valence-electron chi connectivity index (χ4n) is 2.20. The summed E-state index contributed by atoms with van der Waals surface area (Å²) in [6.45, 7) is 8.79. The first-order chi connectivity index (χ1) is 9.06. The van der Waals surface area contributed by atoms with Crippen LogP contribution in [-0.2, 0) is 6.54 Å². The van der Waals surface area contributed by atoms with Gasteiger partial charge in [-0.25, -0.2) is 0 Å². The smallest absolute Gasteiger partial charge is 0.104 e. The molecule has 0 amide bonds. The zero-order valence-corrected chi connectivity index (χ0v) is 13.2. The highest BCUT2D eigenvalue weighted by molar-refractivity contribution is 7.80. The van der Waals surface area contributed by atoms with Crippen molar-refractivity contribution in [2.75, 3.05) is 6.54 Å². The number of unbranched alkanes of at least 4 members (excludes halogenated alkanes) is 2. The average Bonchev–Trinajstić information content (AvgIpc) is 2.38. The normalized spacial score (nSPS) is 11.2. The lowest BCUT2D eigenvalue weighted by atomic mass is 10.1. The monoisotopic (exact) mass is 278 g/mol. The average molecular weight is 278 g/mol. The van der Waals surface area contributed by atoms with Crippen LogP contribution in [0, 0.1) is 0 Å². The number of benzene rings is 1. The molecule has 106 valence electrons. The molecule has 0 spiro atoms. The third-order valence-corrected chi connectivity index (χ3v) is 3.66. The molecular formula is C16H26N2S. The van der Waals surface area contributed by atoms with Crippen molar-refractivity contribution in [1.29, 1.82) is 0 Å². The second kappa shape index (κ2) is 8.28. The van der Waals surface area contributed by atoms with Gasteiger partial charge in [0.25, 0.3) is 0 Å². The van der Waals surface area contributed by atoms with Gasteiger partial charge in [-0.2, -0.15) is 0 Å². The van der Waals surface area contributed by atoms with E-state index in [9.17, 15) is 0 Å². The van der Waals surface area contributed by atoms with Gasteiger partial charge >= 0.3 is 0 Å². The Morgan fingerprint density at radius 2 is 1.95 bits per heavy atom. The summed E-state index contributed by atoms with van der Waals surface area (Å²) in [5, 5.41) is 0. The first kappa shape index (κ1) is 16.1. The number of thiocarbonyl (C=S) groups is 1. The lowest BCUT2D eigenvalue weighted by Gasteiger charge is -2.27. The Kier molecular flexibility index (Phi) is 7.03. The van der Waals surface area contributed by atoms with Gasteiger partial charge in [-0.3, -0.25) is 4.90 Å². The Hall–Kier alpha value is -0.930. The first-order valence-electron chi connectivity index (χ1n) is 7.18. The van der Waals surface area contributed by atoms with E-state index in [0.717, 1.165) is 18.7 Å². The molecule has 2 nitrogen and oxygen atoms in total. The van der Waals surface area contributed by atoms with Crippen molar-refractivity contribution in [3.8, 4) is 0 Å². The highest BCUT2D eigenvalue weighted by Gasteiger charge is 2.12. The summed E-state index contributed by atoms with van der Waals surface area (Å²) in [4.78, 5) is 2.99. The molecule has 0 aliphatic carbocycles. The summed E-state index contributed by atoms with van der Waals surface area (Å²) < 4.78 is 0. The topological polar surface area (TPSA) is 29.3 Å². The van der Waals surface area contributed by atoms with Crippen LogP contribution in [0.2, 0.25) is 0 Å². The molecule has 0 atom stereocenters. The number of hydrogen-bond donors (Lipinski definition) is 1. The zero-order valence-electron chi connectivity index (χ0n) is 12.4. The lowest BCUT2D eigenvalue weighted by Crippen LogP contribution is -2.32. The Morgan fingerprint density at radius 1 is 1.26 bits per heavy atom. The molecule has 0 bridgehead atoms. The second-order valence-corrected chi connectivity index (χ2v) is 5.73. The Morgan fingerprint density at radius 3 is 2.53 bits per heavy atom. The third kappa shape index (κ3) is 5.29. The van der Waals surface area contributed by atoms with Gasteiger partial charge in [-0.15, -0.1) is 0 Å². The maximum Gasteiger partial charge on any atom is 0.104 e. The second-order valence-electron chi connectivity index (χ2n) is 5.29. The fraction of sp³-hybridized carbons (Fsp3) is 0.562. The minimum atomic E-state index is 0.493. The van der Waals surface area contributed by atoms with Crippen LogP contribution in [0.15, 0.2) is 24.3 Å². The van der Waals surface area contributed by atoms with Gasteiger partial charge in [-0.1, -0.05) is 56.2 Å². The van der Waals surface area contributed by atoms with E-state index in [1.165, 1.54) is 24.8 Å². The molecule has 0 saturated carbocycles. The summed E-state index contributed by atoms with van der Waals surface area (Å²) in [6, 6.07) is 8.73. The van der Waals surface area contributed by atoms with E-state index in [1.807, 2.05) is 12.1 Å². The molecular weight excluding hydrogens is 252 g/mol. The quantitative estimate of drug-likeness (QED) is 0.580. The van der Waals surface area contributed by atoms with E-state index in [-0.39, 0.29) is 0 Å². The zero-order chi connectivity index (χ0) is 14.3. The molecule has 3 heteroatoms. The number of hydrogen-bond acceptors (Lipinski definition) is 2. The fourth-order valence-corrected chi connectivity index (χ4v) is 2.40. The molecule has 0 aromatic heterocycles. The molecule has 1 aromatic rings. The highest BCUT2D eigenvalue weighted by atomic mass is 32.1. The maximum atomic E-state index is 5.80. The molecule has 2 N–H and O–H groups in total. The van der Waals surface area contributed by atoms with Crippen LogP contribution >= 0.6 is 12.2 Å². The van der Waals surface area contributed by atoms with Crippen LogP contribution in [0.3, 0.4) is 0 Å². The van der Waals surface area contributed by atoms with Crippen LogP contribution in [-0.4, -0.2) is 22.5 Å². The van der Waals surface area contributed by atoms with Crippen LogP contribution < -0.4 is 5.73 Å². The maximum absolute atomic E-state index is 5.80. The van der Waals surface area contributed by atoms with Crippen LogP contribution in [0.5, 0.6) is 0 Å². The van der Waals surface area contributed by atoms with Crippen molar-refractivity contribution in [2.24, 2.45) is 5.73 Å². The molecule has 0 saturated heterocycles. The van der Waals surface area contributed by atoms with E-state index in [1.54, 1.807) is 0 Å². The van der Waals surface area contributed by atoms with Crippen LogP contribution in [0.4, 0.5) is 0 Å². The van der Waals surface area contributed by atoms with Gasteiger partial charge in [0.1, 0.15) is 4.99 Å². The van der Waals surface area contributed by atoms with Crippen LogP contribution in [0.1, 0.15) is 51.2 Å². The summed E-state index contributed by atoms with van der Waals surface area (Å²) in [5.41, 5.74) is 8.05. The molecule has 0 radical (unpaired) electrons. The van der Waals surface area contributed by atoms with E-state index in [0.29, 0.717) is 11.0 Å². The van der Waals surface area contributed by atoms with E-state index in [4.69, 9.17) is 18.0 Å². The molecule has 0 aliphatic heterocycles. The Balaban J connectivity index is 2.76. The van der Waals surface area contributed by atoms with E-state index < -0.39 is 0 Å². The van der Waals surface area contributed by atoms with Crippen molar-refractivity contribution in [2.45, 2.75) is 52.6 Å². The van der Waals surface area contributed by atoms with Crippen molar-refractivity contribution in [3.05, 3.63) is 35.4 Å². The molecule has 0 fully saturated rings. The number of rotatable bonds is 8. The number of nitrogens with two attached hydrogens (primary N) is 1. The van der Waals surface area contributed by atoms with Crippen LogP contribution in [0.25, 0.3) is 0 Å². The van der Waals surface area contributed by atoms with Gasteiger partial charge in [0.2, 0.25) is 0 Å². The molecule has 0 heterocycles. The lowest BCUT2D eigenvalue weighted by molar-refractivity contribution is 0.208. The Bertz CT molecular complexity index is 401. The summed E-state index contributed by atoms with van der Waals surface area (Å²) >= 11 is 5.13. The van der Waals surface area contributed by atoms with Crippen molar-refractivity contribution < 1.29 is 0 Å². The third-order valence-electron chi connectivity index (χ3n) is 3.44. The van der Waals surface area contributed by atoms with Crippen molar-refractivity contribution in [3.63, 3.8) is 0 Å². The van der Waals surface area contributed by atoms with Gasteiger partial charge in [0, 0.05) is 18.2 Å². The molecule has 19 heavy (non-hydrogen) atoms. The molecule has 0 unspecified atom stereocenters. The SMILES string of the molecule is CCCCCN(Cc1ccccc1C(N)=S)C(C)C. The van der Waals surface area contributed by atoms with Crippen molar-refractivity contribution >= 4 is 17.2 Å². The minimum Gasteiger partial charge on any atom is -0.389 e. The number of nitrogens with zero attached hydrogens (tertiary/aromatic N) is 1. The van der Waals surface area contributed by atoms with E-state index >= 15 is 0 Å². The van der Waals surface area contributed by atoms with Gasteiger partial charge in [0.05, 0.1) is 0 Å². The largest absolute Gasteiger partial charge is 0.389 e. The summed E-state index contributed by atoms with van der Waals surface area (Å²) in [6.07, 6.45) is 3.81. The summed E-state index contributed by atoms with van der Waals surface area (Å²) in [7, 11) is 0. The molecule has 1 rings (SSSR count). The minimum absolute atomic E-state index is 0.493. The van der Waals surface area contributed by atoms with Gasteiger partial charge in [0.15, 0.2) is 0 Å². The predicted molar refractivity (Wildman–Crippen MR) is 87.4 cm³/mol. The highest BCUT2D eigenvalue weighted by Crippen LogP contribution is 2.14. The molecule has 0 aliphatic rings. The van der Waals surface area contributed by atoms with Gasteiger partial charge in [-0.05, 0) is 32.4 Å². The summed E-state index contributed by atoms with van der Waals surface area (Å²) in [5.74, 6) is 0. The predicted octanol–water partition coefficient (Wildman–Crippen LogP) is 3.72. The van der Waals surface area contributed by atoms with Crippen molar-refractivity contribution in [1.82, 2.24) is 4.90 Å². The van der Waals surface area contributed by atoms with Gasteiger partial charge < -0.3 is 5.73 Å². The van der Waals surface area contributed by atoms with E-state index in [2.05, 4.69) is 37.8 Å².